The first-order chi connectivity index (χ1) is 7.68. The van der Waals surface area contributed by atoms with Gasteiger partial charge in [0.2, 0.25) is 5.91 Å². The van der Waals surface area contributed by atoms with Gasteiger partial charge in [-0.15, -0.1) is 0 Å². The van der Waals surface area contributed by atoms with E-state index in [9.17, 15) is 4.79 Å². The third kappa shape index (κ3) is 2.07. The summed E-state index contributed by atoms with van der Waals surface area (Å²) >= 11 is 0. The predicted octanol–water partition coefficient (Wildman–Crippen LogP) is 0.998. The summed E-state index contributed by atoms with van der Waals surface area (Å²) in [6, 6.07) is 5.63. The molecule has 1 aromatic heterocycles. The predicted molar refractivity (Wildman–Crippen MR) is 61.5 cm³/mol. The quantitative estimate of drug-likeness (QED) is 0.793. The number of hydrogen-bond donors (Lipinski definition) is 2. The van der Waals surface area contributed by atoms with Crippen LogP contribution in [0.3, 0.4) is 0 Å². The van der Waals surface area contributed by atoms with Crippen molar-refractivity contribution in [3.8, 4) is 0 Å². The molecule has 0 spiro atoms. The molecule has 1 aliphatic carbocycles. The molecule has 0 radical (unpaired) electrons. The van der Waals surface area contributed by atoms with Gasteiger partial charge in [0.15, 0.2) is 0 Å². The largest absolute Gasteiger partial charge is 0.347 e. The van der Waals surface area contributed by atoms with Crippen LogP contribution in [0.5, 0.6) is 0 Å². The number of carbonyl (C=O) groups is 1. The van der Waals surface area contributed by atoms with Gasteiger partial charge in [0, 0.05) is 12.7 Å². The lowest BCUT2D eigenvalue weighted by Crippen LogP contribution is -2.38. The van der Waals surface area contributed by atoms with Crippen LogP contribution in [-0.4, -0.2) is 17.4 Å². The number of amides is 1. The smallest absolute Gasteiger partial charge is 0.228 e. The van der Waals surface area contributed by atoms with E-state index in [0.29, 0.717) is 6.54 Å². The molecule has 4 heteroatoms. The lowest BCUT2D eigenvalue weighted by atomic mass is 10.1. The van der Waals surface area contributed by atoms with E-state index in [4.69, 9.17) is 5.73 Å². The van der Waals surface area contributed by atoms with E-state index in [2.05, 4.69) is 10.3 Å². The Balaban J connectivity index is 1.98. The Labute approximate surface area is 95.3 Å². The lowest BCUT2D eigenvalue weighted by Gasteiger charge is -2.17. The minimum atomic E-state index is -0.289. The molecule has 1 heterocycles. The summed E-state index contributed by atoms with van der Waals surface area (Å²) in [5.41, 5.74) is 6.20. The van der Waals surface area contributed by atoms with E-state index in [1.165, 1.54) is 0 Å². The molecule has 4 nitrogen and oxygen atoms in total. The second-order valence-electron chi connectivity index (χ2n) is 4.43. The minimum Gasteiger partial charge on any atom is -0.347 e. The van der Waals surface area contributed by atoms with Crippen LogP contribution in [0.4, 0.5) is 0 Å². The number of nitrogens with two attached hydrogens (primary N) is 1. The Hall–Kier alpha value is -1.42. The van der Waals surface area contributed by atoms with Gasteiger partial charge in [-0.3, -0.25) is 9.78 Å². The van der Waals surface area contributed by atoms with Crippen molar-refractivity contribution in [3.05, 3.63) is 30.1 Å². The first-order valence-electron chi connectivity index (χ1n) is 5.60. The van der Waals surface area contributed by atoms with Crippen LogP contribution in [0.25, 0.3) is 0 Å². The number of hydrogen-bond acceptors (Lipinski definition) is 3. The van der Waals surface area contributed by atoms with Gasteiger partial charge in [-0.05, 0) is 31.9 Å². The van der Waals surface area contributed by atoms with E-state index in [-0.39, 0.29) is 17.4 Å². The van der Waals surface area contributed by atoms with Crippen molar-refractivity contribution >= 4 is 5.91 Å². The van der Waals surface area contributed by atoms with E-state index in [0.717, 1.165) is 18.5 Å². The highest BCUT2D eigenvalue weighted by molar-refractivity contribution is 5.85. The van der Waals surface area contributed by atoms with Crippen molar-refractivity contribution in [2.75, 3.05) is 6.54 Å². The third-order valence-electron chi connectivity index (χ3n) is 3.20. The van der Waals surface area contributed by atoms with E-state index >= 15 is 0 Å². The highest BCUT2D eigenvalue weighted by Crippen LogP contribution is 2.44. The first-order valence-corrected chi connectivity index (χ1v) is 5.60. The molecule has 0 aliphatic heterocycles. The standard InChI is InChI=1S/C12H17N3O/c1-9(10-4-2-3-7-14-10)15-11(16)12(8-13)5-6-12/h2-4,7,9H,5-6,8,13H2,1H3,(H,15,16). The fraction of sp³-hybridized carbons (Fsp3) is 0.500. The maximum atomic E-state index is 11.9. The molecule has 0 saturated heterocycles. The van der Waals surface area contributed by atoms with Gasteiger partial charge in [-0.25, -0.2) is 0 Å². The number of nitrogens with one attached hydrogen (secondary N) is 1. The Morgan fingerprint density at radius 3 is 2.88 bits per heavy atom. The van der Waals surface area contributed by atoms with Crippen molar-refractivity contribution in [2.24, 2.45) is 11.1 Å². The monoisotopic (exact) mass is 219 g/mol. The van der Waals surface area contributed by atoms with E-state index in [1.54, 1.807) is 6.20 Å². The molecule has 3 N–H and O–H groups in total. The maximum Gasteiger partial charge on any atom is 0.228 e. The van der Waals surface area contributed by atoms with Crippen molar-refractivity contribution in [3.63, 3.8) is 0 Å². The molecule has 1 amide bonds. The minimum absolute atomic E-state index is 0.0577. The fourth-order valence-corrected chi connectivity index (χ4v) is 1.73. The van der Waals surface area contributed by atoms with Gasteiger partial charge < -0.3 is 11.1 Å². The van der Waals surface area contributed by atoms with Crippen molar-refractivity contribution in [1.82, 2.24) is 10.3 Å². The summed E-state index contributed by atoms with van der Waals surface area (Å²) in [5, 5.41) is 2.97. The zero-order valence-electron chi connectivity index (χ0n) is 9.44. The molecule has 86 valence electrons. The van der Waals surface area contributed by atoms with Gasteiger partial charge >= 0.3 is 0 Å². The molecule has 2 rings (SSSR count). The first kappa shape index (κ1) is 11.1. The number of nitrogens with zero attached hydrogens (tertiary/aromatic N) is 1. The van der Waals surface area contributed by atoms with Crippen molar-refractivity contribution in [2.45, 2.75) is 25.8 Å². The summed E-state index contributed by atoms with van der Waals surface area (Å²) in [7, 11) is 0. The van der Waals surface area contributed by atoms with Crippen LogP contribution in [0.2, 0.25) is 0 Å². The highest BCUT2D eigenvalue weighted by atomic mass is 16.2. The molecule has 1 aliphatic rings. The number of rotatable bonds is 4. The number of aromatic nitrogens is 1. The van der Waals surface area contributed by atoms with Crippen LogP contribution in [0.1, 0.15) is 31.5 Å². The average molecular weight is 219 g/mol. The van der Waals surface area contributed by atoms with E-state index < -0.39 is 0 Å². The van der Waals surface area contributed by atoms with Crippen LogP contribution in [-0.2, 0) is 4.79 Å². The number of pyridine rings is 1. The summed E-state index contributed by atoms with van der Waals surface area (Å²) in [4.78, 5) is 16.1. The molecule has 1 fully saturated rings. The summed E-state index contributed by atoms with van der Waals surface area (Å²) in [6.07, 6.45) is 3.54. The van der Waals surface area contributed by atoms with Gasteiger partial charge in [-0.1, -0.05) is 6.07 Å². The topological polar surface area (TPSA) is 68.0 Å². The molecule has 0 aromatic carbocycles. The van der Waals surface area contributed by atoms with Crippen molar-refractivity contribution in [1.29, 1.82) is 0 Å². The summed E-state index contributed by atoms with van der Waals surface area (Å²) < 4.78 is 0. The van der Waals surface area contributed by atoms with Crippen LogP contribution in [0.15, 0.2) is 24.4 Å². The molecular formula is C12H17N3O. The maximum absolute atomic E-state index is 11.9. The van der Waals surface area contributed by atoms with Crippen LogP contribution in [0, 0.1) is 5.41 Å². The summed E-state index contributed by atoms with van der Waals surface area (Å²) in [5.74, 6) is 0.0631. The third-order valence-corrected chi connectivity index (χ3v) is 3.20. The SMILES string of the molecule is CC(NC(=O)C1(CN)CC1)c1ccccn1. The normalized spacial score (nSPS) is 18.9. The number of carbonyl (C=O) groups excluding carboxylic acids is 1. The zero-order valence-corrected chi connectivity index (χ0v) is 9.44. The Morgan fingerprint density at radius 2 is 2.38 bits per heavy atom. The molecule has 1 aromatic rings. The van der Waals surface area contributed by atoms with Gasteiger partial charge in [0.25, 0.3) is 0 Å². The fourth-order valence-electron chi connectivity index (χ4n) is 1.73. The van der Waals surface area contributed by atoms with Crippen LogP contribution >= 0.6 is 0 Å². The van der Waals surface area contributed by atoms with Crippen molar-refractivity contribution < 1.29 is 4.79 Å². The lowest BCUT2D eigenvalue weighted by molar-refractivity contribution is -0.126. The Bertz CT molecular complexity index is 373. The molecule has 1 atom stereocenters. The zero-order chi connectivity index (χ0) is 11.6. The average Bonchev–Trinajstić information content (AvgIpc) is 3.11. The molecular weight excluding hydrogens is 202 g/mol. The van der Waals surface area contributed by atoms with Gasteiger partial charge in [0.1, 0.15) is 0 Å². The summed E-state index contributed by atoms with van der Waals surface area (Å²) in [6.45, 7) is 2.38. The molecule has 1 unspecified atom stereocenters. The second-order valence-corrected chi connectivity index (χ2v) is 4.43. The second kappa shape index (κ2) is 4.22. The molecule has 1 saturated carbocycles. The van der Waals surface area contributed by atoms with Crippen LogP contribution < -0.4 is 11.1 Å². The highest BCUT2D eigenvalue weighted by Gasteiger charge is 2.48. The molecule has 0 bridgehead atoms. The Kier molecular flexibility index (Phi) is 2.92. The van der Waals surface area contributed by atoms with Gasteiger partial charge in [0.05, 0.1) is 17.2 Å². The van der Waals surface area contributed by atoms with E-state index in [1.807, 2.05) is 25.1 Å². The molecule has 16 heavy (non-hydrogen) atoms. The Morgan fingerprint density at radius 1 is 1.62 bits per heavy atom. The van der Waals surface area contributed by atoms with Gasteiger partial charge in [-0.2, -0.15) is 0 Å².